The summed E-state index contributed by atoms with van der Waals surface area (Å²) < 4.78 is 25.0. The quantitative estimate of drug-likeness (QED) is 0.407. The number of carbonyl (C=O) groups is 1. The van der Waals surface area contributed by atoms with Crippen molar-refractivity contribution >= 4 is 22.5 Å². The fraction of sp³-hybridized carbons (Fsp3) is 0.192. The Morgan fingerprint density at radius 1 is 1.09 bits per heavy atom. The third kappa shape index (κ3) is 4.15. The highest BCUT2D eigenvalue weighted by molar-refractivity contribution is 5.92. The van der Waals surface area contributed by atoms with Crippen molar-refractivity contribution < 1.29 is 18.7 Å². The monoisotopic (exact) mass is 445 g/mol. The van der Waals surface area contributed by atoms with Crippen molar-refractivity contribution in [3.8, 4) is 11.5 Å². The van der Waals surface area contributed by atoms with Gasteiger partial charge in [0.1, 0.15) is 5.82 Å². The first-order chi connectivity index (χ1) is 16.1. The number of aromatic nitrogens is 1. The van der Waals surface area contributed by atoms with Gasteiger partial charge in [-0.2, -0.15) is 0 Å². The summed E-state index contributed by atoms with van der Waals surface area (Å²) in [5, 5.41) is 7.35. The zero-order valence-corrected chi connectivity index (χ0v) is 18.2. The van der Waals surface area contributed by atoms with Gasteiger partial charge in [0, 0.05) is 23.1 Å². The van der Waals surface area contributed by atoms with Gasteiger partial charge in [0.25, 0.3) is 5.91 Å². The van der Waals surface area contributed by atoms with Gasteiger partial charge in [0.15, 0.2) is 18.1 Å². The molecule has 33 heavy (non-hydrogen) atoms. The third-order valence-electron chi connectivity index (χ3n) is 5.89. The van der Waals surface area contributed by atoms with E-state index in [1.54, 1.807) is 25.3 Å². The molecular weight excluding hydrogens is 421 g/mol. The summed E-state index contributed by atoms with van der Waals surface area (Å²) in [6, 6.07) is 20.0. The minimum atomic E-state index is -0.496. The molecule has 6 nitrogen and oxygen atoms in total. The lowest BCUT2D eigenvalue weighted by molar-refractivity contribution is -0.118. The van der Waals surface area contributed by atoms with Crippen molar-refractivity contribution in [2.24, 2.45) is 0 Å². The van der Waals surface area contributed by atoms with Crippen LogP contribution in [-0.2, 0) is 11.2 Å². The summed E-state index contributed by atoms with van der Waals surface area (Å²) in [5.41, 5.74) is 4.76. The number of rotatable bonds is 6. The van der Waals surface area contributed by atoms with E-state index >= 15 is 0 Å². The molecule has 1 aromatic heterocycles. The molecule has 0 fully saturated rings. The minimum Gasteiger partial charge on any atom is -0.493 e. The Hall–Kier alpha value is -3.84. The number of ether oxygens (including phenoxy) is 2. The number of hydrogen-bond acceptors (Lipinski definition) is 4. The number of H-pyrrole nitrogens is 1. The number of carbonyl (C=O) groups excluding carboxylic acids is 1. The first kappa shape index (κ1) is 21.0. The van der Waals surface area contributed by atoms with E-state index in [0.29, 0.717) is 11.5 Å². The van der Waals surface area contributed by atoms with E-state index in [1.807, 2.05) is 18.2 Å². The highest BCUT2D eigenvalue weighted by Crippen LogP contribution is 2.37. The van der Waals surface area contributed by atoms with Crippen LogP contribution in [0.15, 0.2) is 66.7 Å². The van der Waals surface area contributed by atoms with Crippen LogP contribution in [0.2, 0.25) is 0 Å². The van der Waals surface area contributed by atoms with Crippen molar-refractivity contribution in [2.75, 3.05) is 25.6 Å². The number of benzene rings is 3. The standard InChI is InChI=1S/C26H24FN3O3/c1-32-23-14-16(25-26-18(12-13-28-25)17-6-2-4-8-20(17)30-26)10-11-22(23)33-15-24(31)29-21-9-5-3-7-19(21)27/h2-11,14,25,28,30H,12-13,15H2,1H3,(H,29,31)/t25-/m1/s1. The second-order valence-electron chi connectivity index (χ2n) is 7.93. The Kier molecular flexibility index (Phi) is 5.71. The number of fused-ring (bicyclic) bond motifs is 3. The van der Waals surface area contributed by atoms with Crippen molar-refractivity contribution in [1.29, 1.82) is 0 Å². The number of amides is 1. The maximum Gasteiger partial charge on any atom is 0.262 e. The first-order valence-corrected chi connectivity index (χ1v) is 10.8. The molecule has 0 unspecified atom stereocenters. The Morgan fingerprint density at radius 3 is 2.76 bits per heavy atom. The van der Waals surface area contributed by atoms with Crippen LogP contribution in [0, 0.1) is 5.82 Å². The molecule has 168 valence electrons. The largest absolute Gasteiger partial charge is 0.493 e. The average Bonchev–Trinajstić information content (AvgIpc) is 3.23. The van der Waals surface area contributed by atoms with Crippen LogP contribution in [0.4, 0.5) is 10.1 Å². The molecule has 1 atom stereocenters. The zero-order chi connectivity index (χ0) is 22.8. The van der Waals surface area contributed by atoms with Gasteiger partial charge in [0.05, 0.1) is 18.8 Å². The number of anilines is 1. The summed E-state index contributed by atoms with van der Waals surface area (Å²) in [6.07, 6.45) is 0.964. The Bertz CT molecular complexity index is 1320. The molecule has 5 rings (SSSR count). The summed E-state index contributed by atoms with van der Waals surface area (Å²) >= 11 is 0. The molecule has 1 amide bonds. The Balaban J connectivity index is 1.34. The molecule has 1 aliphatic heterocycles. The van der Waals surface area contributed by atoms with Crippen LogP contribution in [0.5, 0.6) is 11.5 Å². The molecule has 0 saturated carbocycles. The SMILES string of the molecule is COc1cc([C@H]2NCCc3c2[nH]c2ccccc32)ccc1OCC(=O)Nc1ccccc1F. The molecule has 4 aromatic rings. The molecular formula is C26H24FN3O3. The minimum absolute atomic E-state index is 0.00606. The average molecular weight is 445 g/mol. The van der Waals surface area contributed by atoms with E-state index < -0.39 is 11.7 Å². The van der Waals surface area contributed by atoms with Crippen LogP contribution in [0.1, 0.15) is 22.9 Å². The maximum absolute atomic E-state index is 13.7. The van der Waals surface area contributed by atoms with Crippen LogP contribution in [0.3, 0.4) is 0 Å². The van der Waals surface area contributed by atoms with Gasteiger partial charge in [0.2, 0.25) is 0 Å². The van der Waals surface area contributed by atoms with Crippen LogP contribution >= 0.6 is 0 Å². The second kappa shape index (κ2) is 8.96. The smallest absolute Gasteiger partial charge is 0.262 e. The molecule has 0 radical (unpaired) electrons. The second-order valence-corrected chi connectivity index (χ2v) is 7.93. The Morgan fingerprint density at radius 2 is 1.91 bits per heavy atom. The molecule has 0 spiro atoms. The third-order valence-corrected chi connectivity index (χ3v) is 5.89. The van der Waals surface area contributed by atoms with Crippen molar-refractivity contribution in [2.45, 2.75) is 12.5 Å². The predicted molar refractivity (Wildman–Crippen MR) is 125 cm³/mol. The lowest BCUT2D eigenvalue weighted by Crippen LogP contribution is -2.30. The lowest BCUT2D eigenvalue weighted by atomic mass is 9.94. The summed E-state index contributed by atoms with van der Waals surface area (Å²) in [6.45, 7) is 0.605. The van der Waals surface area contributed by atoms with E-state index in [4.69, 9.17) is 9.47 Å². The molecule has 7 heteroatoms. The summed E-state index contributed by atoms with van der Waals surface area (Å²) in [5.74, 6) is 0.0147. The molecule has 0 bridgehead atoms. The van der Waals surface area contributed by atoms with Crippen molar-refractivity contribution in [3.05, 3.63) is 89.4 Å². The van der Waals surface area contributed by atoms with Gasteiger partial charge in [-0.3, -0.25) is 4.79 Å². The fourth-order valence-corrected chi connectivity index (χ4v) is 4.34. The molecule has 3 N–H and O–H groups in total. The van der Waals surface area contributed by atoms with E-state index in [2.05, 4.69) is 33.8 Å². The van der Waals surface area contributed by atoms with Crippen molar-refractivity contribution in [3.63, 3.8) is 0 Å². The molecule has 3 aromatic carbocycles. The van der Waals surface area contributed by atoms with E-state index in [9.17, 15) is 9.18 Å². The fourth-order valence-electron chi connectivity index (χ4n) is 4.34. The summed E-state index contributed by atoms with van der Waals surface area (Å²) in [4.78, 5) is 15.8. The van der Waals surface area contributed by atoms with E-state index in [-0.39, 0.29) is 18.3 Å². The topological polar surface area (TPSA) is 75.4 Å². The number of para-hydroxylation sites is 2. The molecule has 2 heterocycles. The van der Waals surface area contributed by atoms with Crippen molar-refractivity contribution in [1.82, 2.24) is 10.3 Å². The normalized spacial score (nSPS) is 15.2. The molecule has 0 saturated heterocycles. The number of halogens is 1. The maximum atomic E-state index is 13.7. The highest BCUT2D eigenvalue weighted by atomic mass is 19.1. The zero-order valence-electron chi connectivity index (χ0n) is 18.2. The van der Waals surface area contributed by atoms with Gasteiger partial charge in [-0.15, -0.1) is 0 Å². The van der Waals surface area contributed by atoms with Gasteiger partial charge in [-0.1, -0.05) is 36.4 Å². The van der Waals surface area contributed by atoms with E-state index in [0.717, 1.165) is 29.7 Å². The lowest BCUT2D eigenvalue weighted by Gasteiger charge is -2.25. The molecule has 0 aliphatic carbocycles. The van der Waals surface area contributed by atoms with E-state index in [1.165, 1.54) is 23.1 Å². The number of methoxy groups -OCH3 is 1. The van der Waals surface area contributed by atoms with Gasteiger partial charge < -0.3 is 25.1 Å². The van der Waals surface area contributed by atoms with Gasteiger partial charge in [-0.05, 0) is 47.9 Å². The predicted octanol–water partition coefficient (Wildman–Crippen LogP) is 4.57. The highest BCUT2D eigenvalue weighted by Gasteiger charge is 2.26. The van der Waals surface area contributed by atoms with Crippen LogP contribution in [-0.4, -0.2) is 31.2 Å². The number of hydrogen-bond donors (Lipinski definition) is 3. The Labute approximate surface area is 190 Å². The summed E-state index contributed by atoms with van der Waals surface area (Å²) in [7, 11) is 1.56. The molecule has 1 aliphatic rings. The van der Waals surface area contributed by atoms with Crippen LogP contribution < -0.4 is 20.1 Å². The van der Waals surface area contributed by atoms with Crippen LogP contribution in [0.25, 0.3) is 10.9 Å². The number of aromatic amines is 1. The van der Waals surface area contributed by atoms with Gasteiger partial charge >= 0.3 is 0 Å². The number of nitrogens with one attached hydrogen (secondary N) is 3. The first-order valence-electron chi connectivity index (χ1n) is 10.8. The van der Waals surface area contributed by atoms with Gasteiger partial charge in [-0.25, -0.2) is 4.39 Å².